The molecular weight excluding hydrogens is 274 g/mol. The first-order valence-corrected chi connectivity index (χ1v) is 8.46. The van der Waals surface area contributed by atoms with Crippen molar-refractivity contribution in [1.82, 2.24) is 4.90 Å². The summed E-state index contributed by atoms with van der Waals surface area (Å²) in [6.45, 7) is 7.78. The molecule has 22 heavy (non-hydrogen) atoms. The normalized spacial score (nSPS) is 32.9. The molecule has 1 aromatic rings. The van der Waals surface area contributed by atoms with E-state index in [1.54, 1.807) is 7.11 Å². The predicted molar refractivity (Wildman–Crippen MR) is 87.6 cm³/mol. The van der Waals surface area contributed by atoms with Crippen LogP contribution < -0.4 is 9.47 Å². The summed E-state index contributed by atoms with van der Waals surface area (Å²) < 4.78 is 12.0. The topological polar surface area (TPSA) is 21.7 Å². The molecular formula is C19H25NO2. The third-order valence-corrected chi connectivity index (χ3v) is 5.72. The fourth-order valence-electron chi connectivity index (χ4n) is 4.44. The van der Waals surface area contributed by atoms with Gasteiger partial charge in [0.1, 0.15) is 6.10 Å². The van der Waals surface area contributed by atoms with Gasteiger partial charge in [0, 0.05) is 12.1 Å². The monoisotopic (exact) mass is 299 g/mol. The van der Waals surface area contributed by atoms with E-state index in [0.717, 1.165) is 44.0 Å². The molecule has 118 valence electrons. The van der Waals surface area contributed by atoms with Gasteiger partial charge in [0.2, 0.25) is 0 Å². The van der Waals surface area contributed by atoms with E-state index in [4.69, 9.17) is 9.47 Å². The zero-order valence-electron chi connectivity index (χ0n) is 13.8. The second-order valence-corrected chi connectivity index (χ2v) is 6.97. The third-order valence-electron chi connectivity index (χ3n) is 5.72. The molecule has 3 atom stereocenters. The minimum Gasteiger partial charge on any atom is -0.493 e. The fourth-order valence-corrected chi connectivity index (χ4v) is 4.44. The number of allylic oxidation sites excluding steroid dienone is 1. The lowest BCUT2D eigenvalue weighted by Gasteiger charge is -2.36. The third kappa shape index (κ3) is 1.84. The van der Waals surface area contributed by atoms with Gasteiger partial charge in [-0.1, -0.05) is 32.1 Å². The molecule has 0 unspecified atom stereocenters. The van der Waals surface area contributed by atoms with E-state index in [9.17, 15) is 0 Å². The zero-order valence-corrected chi connectivity index (χ0v) is 13.8. The Morgan fingerprint density at radius 1 is 1.41 bits per heavy atom. The summed E-state index contributed by atoms with van der Waals surface area (Å²) in [6, 6.07) is 4.32. The van der Waals surface area contributed by atoms with Crippen LogP contribution in [0.15, 0.2) is 24.3 Å². The van der Waals surface area contributed by atoms with Gasteiger partial charge in [0.25, 0.3) is 0 Å². The molecule has 4 rings (SSSR count). The summed E-state index contributed by atoms with van der Waals surface area (Å²) in [5.74, 6) is 2.48. The van der Waals surface area contributed by atoms with Crippen molar-refractivity contribution in [2.24, 2.45) is 5.92 Å². The molecule has 0 aromatic heterocycles. The highest BCUT2D eigenvalue weighted by molar-refractivity contribution is 5.60. The Morgan fingerprint density at radius 3 is 3.05 bits per heavy atom. The molecule has 3 aliphatic rings. The molecule has 0 fully saturated rings. The van der Waals surface area contributed by atoms with Crippen LogP contribution in [-0.4, -0.2) is 31.2 Å². The molecule has 3 nitrogen and oxygen atoms in total. The summed E-state index contributed by atoms with van der Waals surface area (Å²) in [6.07, 6.45) is 7.33. The Kier molecular flexibility index (Phi) is 3.23. The lowest BCUT2D eigenvalue weighted by molar-refractivity contribution is 0.125. The molecule has 0 radical (unpaired) electrons. The van der Waals surface area contributed by atoms with Crippen LogP contribution in [0.25, 0.3) is 0 Å². The van der Waals surface area contributed by atoms with Crippen LogP contribution >= 0.6 is 0 Å². The van der Waals surface area contributed by atoms with Gasteiger partial charge >= 0.3 is 0 Å². The van der Waals surface area contributed by atoms with E-state index < -0.39 is 0 Å². The van der Waals surface area contributed by atoms with Crippen molar-refractivity contribution in [2.45, 2.75) is 44.8 Å². The maximum Gasteiger partial charge on any atom is 0.166 e. The van der Waals surface area contributed by atoms with E-state index in [0.29, 0.717) is 5.92 Å². The SMILES string of the molecule is CCN1CC[C@]23C=C[C@H](C)C[C@H]2Oc2c(OC)ccc(c23)C1. The minimum absolute atomic E-state index is 0.0512. The van der Waals surface area contributed by atoms with Crippen LogP contribution in [0.1, 0.15) is 37.8 Å². The van der Waals surface area contributed by atoms with Crippen molar-refractivity contribution < 1.29 is 9.47 Å². The summed E-state index contributed by atoms with van der Waals surface area (Å²) in [7, 11) is 1.74. The van der Waals surface area contributed by atoms with Gasteiger partial charge in [0.05, 0.1) is 12.5 Å². The molecule has 0 amide bonds. The second-order valence-electron chi connectivity index (χ2n) is 6.97. The van der Waals surface area contributed by atoms with Gasteiger partial charge in [-0.3, -0.25) is 4.90 Å². The minimum atomic E-state index is 0.0512. The fraction of sp³-hybridized carbons (Fsp3) is 0.579. The van der Waals surface area contributed by atoms with Crippen LogP contribution in [0.2, 0.25) is 0 Å². The van der Waals surface area contributed by atoms with E-state index in [1.807, 2.05) is 0 Å². The lowest BCUT2D eigenvalue weighted by atomic mass is 9.68. The Hall–Kier alpha value is -1.48. The van der Waals surface area contributed by atoms with Crippen LogP contribution in [0.3, 0.4) is 0 Å². The van der Waals surface area contributed by atoms with Crippen molar-refractivity contribution in [2.75, 3.05) is 20.2 Å². The first-order valence-electron chi connectivity index (χ1n) is 8.46. The predicted octanol–water partition coefficient (Wildman–Crippen LogP) is 3.52. The second kappa shape index (κ2) is 5.02. The Balaban J connectivity index is 1.92. The van der Waals surface area contributed by atoms with E-state index in [-0.39, 0.29) is 11.5 Å². The Bertz CT molecular complexity index is 624. The van der Waals surface area contributed by atoms with Gasteiger partial charge in [-0.05, 0) is 43.5 Å². The van der Waals surface area contributed by atoms with Gasteiger partial charge < -0.3 is 9.47 Å². The molecule has 1 aromatic carbocycles. The maximum atomic E-state index is 6.45. The summed E-state index contributed by atoms with van der Waals surface area (Å²) in [5, 5.41) is 0. The number of benzene rings is 1. The highest BCUT2D eigenvalue weighted by Crippen LogP contribution is 2.56. The number of hydrogen-bond acceptors (Lipinski definition) is 3. The van der Waals surface area contributed by atoms with E-state index >= 15 is 0 Å². The molecule has 0 saturated heterocycles. The molecule has 1 aliphatic carbocycles. The largest absolute Gasteiger partial charge is 0.493 e. The number of hydrogen-bond donors (Lipinski definition) is 0. The van der Waals surface area contributed by atoms with Gasteiger partial charge in [0.15, 0.2) is 11.5 Å². The highest BCUT2D eigenvalue weighted by Gasteiger charge is 2.52. The lowest BCUT2D eigenvalue weighted by Crippen LogP contribution is -2.41. The zero-order chi connectivity index (χ0) is 15.3. The van der Waals surface area contributed by atoms with Crippen molar-refractivity contribution in [1.29, 1.82) is 0 Å². The van der Waals surface area contributed by atoms with Crippen LogP contribution in [0.4, 0.5) is 0 Å². The molecule has 0 saturated carbocycles. The maximum absolute atomic E-state index is 6.45. The van der Waals surface area contributed by atoms with Crippen LogP contribution in [-0.2, 0) is 12.0 Å². The standard InChI is InChI=1S/C19H25NO2/c1-4-20-10-9-19-8-7-13(2)11-16(19)22-18-15(21-3)6-5-14(12-20)17(18)19/h5-8,13,16H,4,9-12H2,1-3H3/t13-,16+,19+/m0/s1. The molecule has 2 heterocycles. The number of nitrogens with zero attached hydrogens (tertiary/aromatic N) is 1. The average Bonchev–Trinajstić information content (AvgIpc) is 2.76. The quantitative estimate of drug-likeness (QED) is 0.780. The van der Waals surface area contributed by atoms with Gasteiger partial charge in [-0.2, -0.15) is 0 Å². The molecule has 3 heteroatoms. The summed E-state index contributed by atoms with van der Waals surface area (Å²) >= 11 is 0. The summed E-state index contributed by atoms with van der Waals surface area (Å²) in [4.78, 5) is 2.54. The number of ether oxygens (including phenoxy) is 2. The first-order chi connectivity index (χ1) is 10.7. The Morgan fingerprint density at radius 2 is 2.27 bits per heavy atom. The average molecular weight is 299 g/mol. The van der Waals surface area contributed by atoms with Crippen LogP contribution in [0, 0.1) is 5.92 Å². The number of methoxy groups -OCH3 is 1. The number of rotatable bonds is 2. The van der Waals surface area contributed by atoms with Gasteiger partial charge in [-0.25, -0.2) is 0 Å². The van der Waals surface area contributed by atoms with Crippen molar-refractivity contribution in [3.63, 3.8) is 0 Å². The van der Waals surface area contributed by atoms with Crippen molar-refractivity contribution in [3.05, 3.63) is 35.4 Å². The smallest absolute Gasteiger partial charge is 0.166 e. The van der Waals surface area contributed by atoms with Crippen molar-refractivity contribution in [3.8, 4) is 11.5 Å². The Labute approximate surface area is 132 Å². The van der Waals surface area contributed by atoms with E-state index in [1.165, 1.54) is 11.1 Å². The summed E-state index contributed by atoms with van der Waals surface area (Å²) in [5.41, 5.74) is 2.86. The molecule has 0 N–H and O–H groups in total. The highest BCUT2D eigenvalue weighted by atomic mass is 16.5. The van der Waals surface area contributed by atoms with E-state index in [2.05, 4.69) is 43.0 Å². The molecule has 0 bridgehead atoms. The molecule has 2 aliphatic heterocycles. The first kappa shape index (κ1) is 14.1. The van der Waals surface area contributed by atoms with Gasteiger partial charge in [-0.15, -0.1) is 0 Å². The van der Waals surface area contributed by atoms with Crippen LogP contribution in [0.5, 0.6) is 11.5 Å². The van der Waals surface area contributed by atoms with Crippen molar-refractivity contribution >= 4 is 0 Å². The molecule has 1 spiro atoms.